The van der Waals surface area contributed by atoms with E-state index in [0.717, 1.165) is 116 Å². The minimum atomic E-state index is -0.784. The smallest absolute Gasteiger partial charge is 0.306 e. The molecule has 0 aliphatic carbocycles. The first kappa shape index (κ1) is 61.9. The maximum atomic E-state index is 12.8. The van der Waals surface area contributed by atoms with Gasteiger partial charge in [0.1, 0.15) is 13.2 Å². The molecule has 1 unspecified atom stereocenters. The summed E-state index contributed by atoms with van der Waals surface area (Å²) < 4.78 is 16.8. The van der Waals surface area contributed by atoms with Crippen molar-refractivity contribution < 1.29 is 28.6 Å². The number of rotatable bonds is 49. The van der Waals surface area contributed by atoms with E-state index in [1.807, 2.05) is 0 Å². The van der Waals surface area contributed by atoms with Crippen LogP contribution in [0.5, 0.6) is 0 Å². The zero-order valence-corrected chi connectivity index (χ0v) is 42.7. The Hall–Kier alpha value is -3.15. The Morgan fingerprint density at radius 1 is 0.323 bits per heavy atom. The van der Waals surface area contributed by atoms with Crippen molar-refractivity contribution in [3.05, 3.63) is 72.9 Å². The average molecular weight is 907 g/mol. The van der Waals surface area contributed by atoms with E-state index in [9.17, 15) is 14.4 Å². The number of unbranched alkanes of at least 4 members (excludes halogenated alkanes) is 26. The molecule has 6 nitrogen and oxygen atoms in total. The first-order chi connectivity index (χ1) is 32.0. The van der Waals surface area contributed by atoms with Crippen LogP contribution in [0.15, 0.2) is 72.9 Å². The highest BCUT2D eigenvalue weighted by Gasteiger charge is 2.19. The van der Waals surface area contributed by atoms with Gasteiger partial charge in [-0.1, -0.05) is 235 Å². The number of ether oxygens (including phenoxy) is 3. The Morgan fingerprint density at radius 3 is 1.00 bits per heavy atom. The van der Waals surface area contributed by atoms with Crippen LogP contribution in [0.2, 0.25) is 0 Å². The molecule has 0 heterocycles. The summed E-state index contributed by atoms with van der Waals surface area (Å²) in [5, 5.41) is 0. The lowest BCUT2D eigenvalue weighted by Crippen LogP contribution is -2.30. The van der Waals surface area contributed by atoms with Crippen LogP contribution in [0, 0.1) is 0 Å². The van der Waals surface area contributed by atoms with Crippen LogP contribution < -0.4 is 0 Å². The van der Waals surface area contributed by atoms with Crippen LogP contribution in [-0.2, 0) is 28.6 Å². The van der Waals surface area contributed by atoms with Crippen LogP contribution in [0.25, 0.3) is 0 Å². The van der Waals surface area contributed by atoms with E-state index < -0.39 is 6.10 Å². The Morgan fingerprint density at radius 2 is 0.615 bits per heavy atom. The summed E-state index contributed by atoms with van der Waals surface area (Å²) in [4.78, 5) is 38.0. The molecule has 6 heteroatoms. The van der Waals surface area contributed by atoms with Crippen molar-refractivity contribution >= 4 is 17.9 Å². The Labute approximate surface area is 402 Å². The SMILES string of the molecule is CC/C=C\C/C=C\C/C=C\C/C=C\C/C=C\CCCCCCCC(=O)OCC(COC(=O)CCCCCCC/C=C\CCCC)OC(=O)CCCCCCCCCCCCCCCCC. The van der Waals surface area contributed by atoms with Crippen molar-refractivity contribution in [3.8, 4) is 0 Å². The molecule has 0 aromatic rings. The molecule has 0 aromatic carbocycles. The fraction of sp³-hybridized carbons (Fsp3) is 0.746. The quantitative estimate of drug-likeness (QED) is 0.0262. The fourth-order valence-electron chi connectivity index (χ4n) is 7.57. The molecular formula is C59H102O6. The maximum Gasteiger partial charge on any atom is 0.306 e. The second-order valence-corrected chi connectivity index (χ2v) is 18.1. The molecule has 65 heavy (non-hydrogen) atoms. The molecule has 0 aromatic heterocycles. The van der Waals surface area contributed by atoms with Gasteiger partial charge >= 0.3 is 17.9 Å². The van der Waals surface area contributed by atoms with E-state index in [1.54, 1.807) is 0 Å². The monoisotopic (exact) mass is 907 g/mol. The predicted molar refractivity (Wildman–Crippen MR) is 279 cm³/mol. The largest absolute Gasteiger partial charge is 0.462 e. The van der Waals surface area contributed by atoms with Crippen LogP contribution in [-0.4, -0.2) is 37.2 Å². The van der Waals surface area contributed by atoms with Crippen LogP contribution >= 0.6 is 0 Å². The number of carbonyl (C=O) groups excluding carboxylic acids is 3. The van der Waals surface area contributed by atoms with E-state index >= 15 is 0 Å². The van der Waals surface area contributed by atoms with Gasteiger partial charge in [-0.3, -0.25) is 14.4 Å². The Bertz CT molecular complexity index is 1230. The maximum absolute atomic E-state index is 12.8. The van der Waals surface area contributed by atoms with Gasteiger partial charge in [-0.05, 0) is 83.5 Å². The molecule has 0 aliphatic heterocycles. The van der Waals surface area contributed by atoms with Crippen LogP contribution in [0.1, 0.15) is 265 Å². The van der Waals surface area contributed by atoms with Crippen LogP contribution in [0.3, 0.4) is 0 Å². The third kappa shape index (κ3) is 51.7. The molecule has 374 valence electrons. The summed E-state index contributed by atoms with van der Waals surface area (Å²) in [6.07, 6.45) is 67.4. The number of hydrogen-bond donors (Lipinski definition) is 0. The summed E-state index contributed by atoms with van der Waals surface area (Å²) in [5.41, 5.74) is 0. The van der Waals surface area contributed by atoms with Crippen molar-refractivity contribution in [1.29, 1.82) is 0 Å². The number of hydrogen-bond acceptors (Lipinski definition) is 6. The van der Waals surface area contributed by atoms with Crippen molar-refractivity contribution in [2.24, 2.45) is 0 Å². The highest BCUT2D eigenvalue weighted by molar-refractivity contribution is 5.71. The third-order valence-electron chi connectivity index (χ3n) is 11.7. The summed E-state index contributed by atoms with van der Waals surface area (Å²) in [5.74, 6) is -0.906. The topological polar surface area (TPSA) is 78.9 Å². The zero-order valence-electron chi connectivity index (χ0n) is 42.7. The molecule has 0 bridgehead atoms. The fourth-order valence-corrected chi connectivity index (χ4v) is 7.57. The normalized spacial score (nSPS) is 12.6. The second kappa shape index (κ2) is 53.5. The highest BCUT2D eigenvalue weighted by atomic mass is 16.6. The molecular weight excluding hydrogens is 805 g/mol. The molecule has 0 rings (SSSR count). The molecule has 0 saturated carbocycles. The summed E-state index contributed by atoms with van der Waals surface area (Å²) in [6.45, 7) is 6.48. The highest BCUT2D eigenvalue weighted by Crippen LogP contribution is 2.15. The van der Waals surface area contributed by atoms with Crippen molar-refractivity contribution in [2.75, 3.05) is 13.2 Å². The van der Waals surface area contributed by atoms with Gasteiger partial charge in [0, 0.05) is 19.3 Å². The molecule has 0 fully saturated rings. The molecule has 0 saturated heterocycles. The molecule has 1 atom stereocenters. The molecule has 0 spiro atoms. The minimum Gasteiger partial charge on any atom is -0.462 e. The van der Waals surface area contributed by atoms with Gasteiger partial charge in [-0.2, -0.15) is 0 Å². The average Bonchev–Trinajstić information content (AvgIpc) is 3.30. The first-order valence-electron chi connectivity index (χ1n) is 27.4. The second-order valence-electron chi connectivity index (χ2n) is 18.1. The van der Waals surface area contributed by atoms with E-state index in [2.05, 4.69) is 93.7 Å². The van der Waals surface area contributed by atoms with Gasteiger partial charge in [0.25, 0.3) is 0 Å². The van der Waals surface area contributed by atoms with Gasteiger partial charge in [0.2, 0.25) is 0 Å². The molecule has 0 N–H and O–H groups in total. The zero-order chi connectivity index (χ0) is 47.2. The van der Waals surface area contributed by atoms with Crippen molar-refractivity contribution in [1.82, 2.24) is 0 Å². The van der Waals surface area contributed by atoms with E-state index in [4.69, 9.17) is 14.2 Å². The van der Waals surface area contributed by atoms with E-state index in [-0.39, 0.29) is 31.1 Å². The first-order valence-corrected chi connectivity index (χ1v) is 27.4. The summed E-state index contributed by atoms with van der Waals surface area (Å²) in [6, 6.07) is 0. The summed E-state index contributed by atoms with van der Waals surface area (Å²) >= 11 is 0. The minimum absolute atomic E-state index is 0.0844. The van der Waals surface area contributed by atoms with Gasteiger partial charge in [-0.25, -0.2) is 0 Å². The van der Waals surface area contributed by atoms with Gasteiger partial charge < -0.3 is 14.2 Å². The molecule has 0 amide bonds. The molecule has 0 radical (unpaired) electrons. The van der Waals surface area contributed by atoms with E-state index in [1.165, 1.54) is 109 Å². The standard InChI is InChI=1S/C59H102O6/c1-4-7-10-13-16-19-22-24-26-27-28-29-30-31-33-34-37-40-43-46-49-52-58(61)64-55-56(54-63-57(60)51-48-45-42-39-36-21-18-15-12-9-6-3)65-59(62)53-50-47-44-41-38-35-32-25-23-20-17-14-11-8-5-2/h7,10,15-16,18-19,24,26,28-29,31,33,56H,4-6,8-9,11-14,17,20-23,25,27,30,32,34-55H2,1-3H3/b10-7-,18-15-,19-16-,26-24-,29-28-,33-31-. The number of carbonyl (C=O) groups is 3. The number of esters is 3. The lowest BCUT2D eigenvalue weighted by atomic mass is 10.0. The Kier molecular flexibility index (Phi) is 50.9. The van der Waals surface area contributed by atoms with Gasteiger partial charge in [0.05, 0.1) is 0 Å². The number of allylic oxidation sites excluding steroid dienone is 12. The summed E-state index contributed by atoms with van der Waals surface area (Å²) in [7, 11) is 0. The predicted octanol–water partition coefficient (Wildman–Crippen LogP) is 18.2. The third-order valence-corrected chi connectivity index (χ3v) is 11.7. The van der Waals surface area contributed by atoms with Crippen molar-refractivity contribution in [3.63, 3.8) is 0 Å². The van der Waals surface area contributed by atoms with Crippen molar-refractivity contribution in [2.45, 2.75) is 271 Å². The van der Waals surface area contributed by atoms with Gasteiger partial charge in [0.15, 0.2) is 6.10 Å². The molecule has 0 aliphatic rings. The van der Waals surface area contributed by atoms with E-state index in [0.29, 0.717) is 19.3 Å². The lowest BCUT2D eigenvalue weighted by molar-refractivity contribution is -0.167. The Balaban J connectivity index is 4.37. The van der Waals surface area contributed by atoms with Gasteiger partial charge in [-0.15, -0.1) is 0 Å². The lowest BCUT2D eigenvalue weighted by Gasteiger charge is -2.18. The van der Waals surface area contributed by atoms with Crippen LogP contribution in [0.4, 0.5) is 0 Å².